The standard InChI is InChI=1S/C29H44N4O4S/c1-3-29(13-10-14-29)31-21-27(34)26(17-22-11-6-5-7-12-22)32-28(35)23-18-24(30-4-2)20-25(19-23)33-15-8-9-16-38(33,36)37/h5-7,11-12,18-20,26-27,30-31,34,36-37H,3-4,8-10,13-17,21H2,1-2H3,(H,32,35). The molecular weight excluding hydrogens is 500 g/mol. The highest BCUT2D eigenvalue weighted by molar-refractivity contribution is 8.25. The van der Waals surface area contributed by atoms with E-state index in [2.05, 4.69) is 22.9 Å². The van der Waals surface area contributed by atoms with Gasteiger partial charge < -0.3 is 21.1 Å². The van der Waals surface area contributed by atoms with E-state index in [0.717, 1.165) is 43.4 Å². The lowest BCUT2D eigenvalue weighted by Crippen LogP contribution is -2.56. The Bertz CT molecular complexity index is 1060. The van der Waals surface area contributed by atoms with E-state index in [4.69, 9.17) is 0 Å². The highest BCUT2D eigenvalue weighted by Crippen LogP contribution is 2.50. The van der Waals surface area contributed by atoms with E-state index >= 15 is 0 Å². The van der Waals surface area contributed by atoms with Gasteiger partial charge in [0.15, 0.2) is 0 Å². The molecule has 1 heterocycles. The Morgan fingerprint density at radius 2 is 1.84 bits per heavy atom. The van der Waals surface area contributed by atoms with Crippen molar-refractivity contribution in [2.75, 3.05) is 35.0 Å². The molecule has 1 aliphatic carbocycles. The zero-order chi connectivity index (χ0) is 27.2. The average molecular weight is 545 g/mol. The number of benzene rings is 2. The van der Waals surface area contributed by atoms with Crippen LogP contribution in [-0.2, 0) is 6.42 Å². The lowest BCUT2D eigenvalue weighted by molar-refractivity contribution is 0.0754. The van der Waals surface area contributed by atoms with Crippen LogP contribution < -0.4 is 20.3 Å². The highest BCUT2D eigenvalue weighted by atomic mass is 32.3. The Morgan fingerprint density at radius 1 is 1.08 bits per heavy atom. The molecule has 4 rings (SSSR count). The molecule has 2 aromatic carbocycles. The quantitative estimate of drug-likeness (QED) is 0.222. The molecule has 0 spiro atoms. The van der Waals surface area contributed by atoms with Gasteiger partial charge in [0, 0.05) is 36.4 Å². The molecule has 2 aromatic rings. The molecule has 210 valence electrons. The number of aliphatic hydroxyl groups excluding tert-OH is 1. The minimum absolute atomic E-state index is 0.0925. The fourth-order valence-corrected chi connectivity index (χ4v) is 7.10. The maximum Gasteiger partial charge on any atom is 0.251 e. The van der Waals surface area contributed by atoms with E-state index in [0.29, 0.717) is 43.1 Å². The van der Waals surface area contributed by atoms with Crippen LogP contribution in [0.25, 0.3) is 0 Å². The minimum Gasteiger partial charge on any atom is -0.390 e. The molecule has 2 atom stereocenters. The van der Waals surface area contributed by atoms with Crippen molar-refractivity contribution in [3.8, 4) is 0 Å². The number of carbonyl (C=O) groups is 1. The van der Waals surface area contributed by atoms with E-state index < -0.39 is 22.9 Å². The summed E-state index contributed by atoms with van der Waals surface area (Å²) in [6.45, 7) is 5.75. The molecule has 2 unspecified atom stereocenters. The second-order valence-corrected chi connectivity index (χ2v) is 12.8. The van der Waals surface area contributed by atoms with Crippen molar-refractivity contribution < 1.29 is 19.0 Å². The smallest absolute Gasteiger partial charge is 0.251 e. The van der Waals surface area contributed by atoms with Crippen LogP contribution in [0.1, 0.15) is 68.3 Å². The molecule has 2 aliphatic rings. The van der Waals surface area contributed by atoms with Crippen LogP contribution in [0.3, 0.4) is 0 Å². The fraction of sp³-hybridized carbons (Fsp3) is 0.552. The van der Waals surface area contributed by atoms with E-state index in [1.165, 1.54) is 6.42 Å². The first-order valence-corrected chi connectivity index (χ1v) is 15.6. The largest absolute Gasteiger partial charge is 0.390 e. The Morgan fingerprint density at radius 3 is 2.47 bits per heavy atom. The van der Waals surface area contributed by atoms with Crippen LogP contribution >= 0.6 is 10.8 Å². The van der Waals surface area contributed by atoms with Crippen molar-refractivity contribution in [1.29, 1.82) is 0 Å². The van der Waals surface area contributed by atoms with Gasteiger partial charge in [0.1, 0.15) is 0 Å². The first kappa shape index (κ1) is 28.7. The van der Waals surface area contributed by atoms with Crippen LogP contribution in [0, 0.1) is 0 Å². The lowest BCUT2D eigenvalue weighted by atomic mass is 9.74. The summed E-state index contributed by atoms with van der Waals surface area (Å²) >= 11 is 0. The van der Waals surface area contributed by atoms with Gasteiger partial charge in [-0.3, -0.25) is 18.2 Å². The number of hydrogen-bond donors (Lipinski definition) is 6. The van der Waals surface area contributed by atoms with Crippen LogP contribution in [0.4, 0.5) is 11.4 Å². The summed E-state index contributed by atoms with van der Waals surface area (Å²) in [5.41, 5.74) is 2.91. The van der Waals surface area contributed by atoms with Crippen molar-refractivity contribution in [2.24, 2.45) is 0 Å². The van der Waals surface area contributed by atoms with Crippen LogP contribution in [0.2, 0.25) is 0 Å². The van der Waals surface area contributed by atoms with Gasteiger partial charge in [-0.15, -0.1) is 10.8 Å². The number of hydrogen-bond acceptors (Lipinski definition) is 7. The normalized spacial score (nSPS) is 20.6. The number of aliphatic hydroxyl groups is 1. The number of β-amino-alcohol motifs (C(OH)–C–C–N with tert-alkyl or cyclic N) is 1. The Balaban J connectivity index is 1.56. The maximum absolute atomic E-state index is 13.6. The molecule has 9 heteroatoms. The van der Waals surface area contributed by atoms with Crippen molar-refractivity contribution >= 4 is 28.1 Å². The summed E-state index contributed by atoms with van der Waals surface area (Å²) < 4.78 is 23.0. The minimum atomic E-state index is -2.92. The summed E-state index contributed by atoms with van der Waals surface area (Å²) in [4.78, 5) is 13.6. The van der Waals surface area contributed by atoms with Crippen molar-refractivity contribution in [1.82, 2.24) is 10.6 Å². The molecule has 1 amide bonds. The highest BCUT2D eigenvalue weighted by Gasteiger charge is 2.36. The SMILES string of the molecule is CCNc1cc(C(=O)NC(Cc2ccccc2)C(O)CNC2(CC)CCC2)cc(N2CCCCS2(O)O)c1. The molecule has 0 aromatic heterocycles. The molecule has 6 N–H and O–H groups in total. The predicted molar refractivity (Wildman–Crippen MR) is 157 cm³/mol. The molecule has 0 radical (unpaired) electrons. The molecule has 1 aliphatic heterocycles. The summed E-state index contributed by atoms with van der Waals surface area (Å²) in [6.07, 6.45) is 5.81. The molecule has 1 saturated carbocycles. The van der Waals surface area contributed by atoms with Gasteiger partial charge in [0.05, 0.1) is 23.6 Å². The molecule has 38 heavy (non-hydrogen) atoms. The Hall–Kier alpha value is -2.30. The maximum atomic E-state index is 13.6. The van der Waals surface area contributed by atoms with E-state index in [1.54, 1.807) is 16.4 Å². The van der Waals surface area contributed by atoms with Gasteiger partial charge >= 0.3 is 0 Å². The Labute approximate surface area is 228 Å². The topological polar surface area (TPSA) is 117 Å². The second kappa shape index (κ2) is 12.7. The van der Waals surface area contributed by atoms with Crippen molar-refractivity contribution in [3.63, 3.8) is 0 Å². The molecule has 8 nitrogen and oxygen atoms in total. The number of nitrogens with one attached hydrogen (secondary N) is 3. The monoisotopic (exact) mass is 544 g/mol. The first-order chi connectivity index (χ1) is 18.2. The number of amides is 1. The molecule has 0 bridgehead atoms. The summed E-state index contributed by atoms with van der Waals surface area (Å²) in [7, 11) is -2.92. The average Bonchev–Trinajstić information content (AvgIpc) is 2.88. The van der Waals surface area contributed by atoms with Gasteiger partial charge in [-0.25, -0.2) is 0 Å². The second-order valence-electron chi connectivity index (χ2n) is 10.6. The van der Waals surface area contributed by atoms with Crippen LogP contribution in [-0.4, -0.2) is 63.2 Å². The number of carbonyl (C=O) groups excluding carboxylic acids is 1. The lowest BCUT2D eigenvalue weighted by Gasteiger charge is -2.47. The number of nitrogens with zero attached hydrogens (tertiary/aromatic N) is 1. The van der Waals surface area contributed by atoms with Crippen molar-refractivity contribution in [2.45, 2.75) is 76.5 Å². The van der Waals surface area contributed by atoms with Gasteiger partial charge in [0.2, 0.25) is 0 Å². The Kier molecular flexibility index (Phi) is 9.59. The van der Waals surface area contributed by atoms with Crippen LogP contribution in [0.15, 0.2) is 48.5 Å². The zero-order valence-electron chi connectivity index (χ0n) is 22.7. The van der Waals surface area contributed by atoms with E-state index in [-0.39, 0.29) is 11.4 Å². The summed E-state index contributed by atoms with van der Waals surface area (Å²) in [5, 5.41) is 21.2. The third-order valence-corrected chi connectivity index (χ3v) is 9.92. The molecule has 1 saturated heterocycles. The third kappa shape index (κ3) is 7.01. The molecular formula is C29H44N4O4S. The first-order valence-electron chi connectivity index (χ1n) is 14.0. The molecule has 2 fully saturated rings. The summed E-state index contributed by atoms with van der Waals surface area (Å²) in [5.74, 6) is 0.0331. The van der Waals surface area contributed by atoms with Gasteiger partial charge in [-0.05, 0) is 75.6 Å². The third-order valence-electron chi connectivity index (χ3n) is 7.98. The van der Waals surface area contributed by atoms with E-state index in [9.17, 15) is 19.0 Å². The number of rotatable bonds is 12. The van der Waals surface area contributed by atoms with Gasteiger partial charge in [0.25, 0.3) is 5.91 Å². The fourth-order valence-electron chi connectivity index (χ4n) is 5.42. The van der Waals surface area contributed by atoms with Crippen LogP contribution in [0.5, 0.6) is 0 Å². The zero-order valence-corrected chi connectivity index (χ0v) is 23.5. The van der Waals surface area contributed by atoms with Gasteiger partial charge in [-0.1, -0.05) is 37.3 Å². The van der Waals surface area contributed by atoms with Crippen molar-refractivity contribution in [3.05, 3.63) is 59.7 Å². The summed E-state index contributed by atoms with van der Waals surface area (Å²) in [6, 6.07) is 14.8. The van der Waals surface area contributed by atoms with Gasteiger partial charge in [-0.2, -0.15) is 0 Å². The number of anilines is 2. The predicted octanol–water partition coefficient (Wildman–Crippen LogP) is 5.01. The van der Waals surface area contributed by atoms with E-state index in [1.807, 2.05) is 43.3 Å².